The Labute approximate surface area is 156 Å². The van der Waals surface area contributed by atoms with Gasteiger partial charge in [-0.15, -0.1) is 0 Å². The minimum atomic E-state index is -1.56. The highest BCUT2D eigenvalue weighted by molar-refractivity contribution is 8.26. The molecule has 1 atom stereocenters. The number of benzene rings is 1. The van der Waals surface area contributed by atoms with E-state index >= 15 is 0 Å². The lowest BCUT2D eigenvalue weighted by molar-refractivity contribution is -0.150. The molecule has 1 aliphatic rings. The molecule has 132 valence electrons. The van der Waals surface area contributed by atoms with Crippen molar-refractivity contribution in [1.82, 2.24) is 14.9 Å². The number of nitrogens with zero attached hydrogens (tertiary/aromatic N) is 3. The Hall–Kier alpha value is -2.85. The highest BCUT2D eigenvalue weighted by Crippen LogP contribution is 2.34. The third-order valence-electron chi connectivity index (χ3n) is 3.53. The number of aromatic nitrogens is 2. The summed E-state index contributed by atoms with van der Waals surface area (Å²) < 4.78 is -0.0105. The average molecular weight is 389 g/mol. The molecule has 2 heterocycles. The van der Waals surface area contributed by atoms with Gasteiger partial charge in [-0.3, -0.25) is 19.5 Å². The fourth-order valence-electron chi connectivity index (χ4n) is 2.38. The molecule has 2 N–H and O–H groups in total. The van der Waals surface area contributed by atoms with E-state index in [1.165, 1.54) is 12.3 Å². The molecule has 1 saturated heterocycles. The van der Waals surface area contributed by atoms with Crippen LogP contribution in [0.25, 0.3) is 17.1 Å². The second-order valence-corrected chi connectivity index (χ2v) is 6.96. The molecule has 0 bridgehead atoms. The molecule has 1 unspecified atom stereocenters. The van der Waals surface area contributed by atoms with Gasteiger partial charge in [0.15, 0.2) is 0 Å². The molecule has 1 aromatic carbocycles. The number of carbonyl (C=O) groups excluding carboxylic acids is 1. The number of carboxylic acids is 2. The number of carbonyl (C=O) groups is 3. The van der Waals surface area contributed by atoms with Gasteiger partial charge >= 0.3 is 11.9 Å². The molecule has 2 aromatic rings. The van der Waals surface area contributed by atoms with Crippen molar-refractivity contribution < 1.29 is 24.6 Å². The minimum absolute atomic E-state index is 0.0105. The normalized spacial score (nSPS) is 17.1. The van der Waals surface area contributed by atoms with Crippen LogP contribution in [0.5, 0.6) is 0 Å². The molecular formula is C16H11N3O5S2. The standard InChI is InChI=1S/C16H11N3O5S2/c20-13(21)6-11(15(23)24)19-14(22)12(26-16(19)25)5-8-7-17-9-3-1-2-4-10(9)18-8/h1-5,7,11H,6H2,(H,20,21)(H,23,24). The lowest BCUT2D eigenvalue weighted by Gasteiger charge is -2.21. The Kier molecular flexibility index (Phi) is 4.96. The second-order valence-electron chi connectivity index (χ2n) is 5.29. The largest absolute Gasteiger partial charge is 0.481 e. The highest BCUT2D eigenvalue weighted by Gasteiger charge is 2.41. The molecule has 26 heavy (non-hydrogen) atoms. The van der Waals surface area contributed by atoms with Crippen LogP contribution < -0.4 is 0 Å². The zero-order valence-corrected chi connectivity index (χ0v) is 14.7. The van der Waals surface area contributed by atoms with Crippen molar-refractivity contribution in [2.75, 3.05) is 0 Å². The van der Waals surface area contributed by atoms with E-state index in [1.807, 2.05) is 12.1 Å². The van der Waals surface area contributed by atoms with Gasteiger partial charge < -0.3 is 10.2 Å². The first kappa shape index (κ1) is 18.0. The maximum absolute atomic E-state index is 12.6. The van der Waals surface area contributed by atoms with Crippen molar-refractivity contribution in [1.29, 1.82) is 0 Å². The summed E-state index contributed by atoms with van der Waals surface area (Å²) in [7, 11) is 0. The maximum Gasteiger partial charge on any atom is 0.327 e. The summed E-state index contributed by atoms with van der Waals surface area (Å²) in [5, 5.41) is 18.1. The lowest BCUT2D eigenvalue weighted by atomic mass is 10.2. The molecule has 1 aromatic heterocycles. The van der Waals surface area contributed by atoms with Crippen LogP contribution in [0.15, 0.2) is 35.4 Å². The van der Waals surface area contributed by atoms with Crippen LogP contribution in [0.1, 0.15) is 12.1 Å². The monoisotopic (exact) mass is 389 g/mol. The molecule has 3 rings (SSSR count). The van der Waals surface area contributed by atoms with Crippen LogP contribution >= 0.6 is 24.0 Å². The van der Waals surface area contributed by atoms with E-state index in [1.54, 1.807) is 12.1 Å². The summed E-state index contributed by atoms with van der Waals surface area (Å²) in [6, 6.07) is 5.65. The van der Waals surface area contributed by atoms with Gasteiger partial charge in [0.1, 0.15) is 10.4 Å². The van der Waals surface area contributed by atoms with E-state index in [0.717, 1.165) is 16.7 Å². The molecule has 0 saturated carbocycles. The SMILES string of the molecule is O=C(O)CC(C(=O)O)N1C(=O)C(=Cc2cnc3ccccc3n2)SC1=S. The highest BCUT2D eigenvalue weighted by atomic mass is 32.2. The van der Waals surface area contributed by atoms with Crippen molar-refractivity contribution in [2.45, 2.75) is 12.5 Å². The smallest absolute Gasteiger partial charge is 0.327 e. The molecule has 1 fully saturated rings. The Balaban J connectivity index is 1.92. The molecule has 10 heteroatoms. The topological polar surface area (TPSA) is 121 Å². The number of hydrogen-bond donors (Lipinski definition) is 2. The van der Waals surface area contributed by atoms with E-state index in [-0.39, 0.29) is 9.23 Å². The average Bonchev–Trinajstić information content (AvgIpc) is 2.86. The zero-order valence-electron chi connectivity index (χ0n) is 13.0. The van der Waals surface area contributed by atoms with Gasteiger partial charge in [-0.2, -0.15) is 0 Å². The molecule has 8 nitrogen and oxygen atoms in total. The van der Waals surface area contributed by atoms with Crippen LogP contribution in [0, 0.1) is 0 Å². The molecule has 1 amide bonds. The van der Waals surface area contributed by atoms with Crippen LogP contribution in [0.4, 0.5) is 0 Å². The number of aliphatic carboxylic acids is 2. The summed E-state index contributed by atoms with van der Waals surface area (Å²) in [5.74, 6) is -3.44. The van der Waals surface area contributed by atoms with E-state index in [2.05, 4.69) is 9.97 Å². The number of para-hydroxylation sites is 2. The molecule has 1 aliphatic heterocycles. The van der Waals surface area contributed by atoms with Gasteiger partial charge in [-0.25, -0.2) is 9.78 Å². The number of amides is 1. The molecule has 0 aliphatic carbocycles. The number of hydrogen-bond acceptors (Lipinski definition) is 7. The Morgan fingerprint density at radius 1 is 1.27 bits per heavy atom. The van der Waals surface area contributed by atoms with Crippen molar-refractivity contribution in [3.05, 3.63) is 41.1 Å². The van der Waals surface area contributed by atoms with Crippen molar-refractivity contribution in [3.63, 3.8) is 0 Å². The molecular weight excluding hydrogens is 378 g/mol. The van der Waals surface area contributed by atoms with Gasteiger partial charge in [0, 0.05) is 0 Å². The van der Waals surface area contributed by atoms with E-state index in [4.69, 9.17) is 17.3 Å². The summed E-state index contributed by atoms with van der Waals surface area (Å²) in [4.78, 5) is 44.4. The number of fused-ring (bicyclic) bond motifs is 1. The zero-order chi connectivity index (χ0) is 18.8. The van der Waals surface area contributed by atoms with Gasteiger partial charge in [0.05, 0.1) is 34.3 Å². The number of rotatable bonds is 5. The molecule has 0 radical (unpaired) electrons. The van der Waals surface area contributed by atoms with Gasteiger partial charge in [-0.05, 0) is 18.2 Å². The van der Waals surface area contributed by atoms with Gasteiger partial charge in [0.25, 0.3) is 5.91 Å². The summed E-state index contributed by atoms with van der Waals surface area (Å²) in [5.41, 5.74) is 1.75. The Bertz CT molecular complexity index is 975. The summed E-state index contributed by atoms with van der Waals surface area (Å²) in [6.07, 6.45) is 2.20. The van der Waals surface area contributed by atoms with Crippen molar-refractivity contribution >= 4 is 63.3 Å². The number of thioether (sulfide) groups is 1. The van der Waals surface area contributed by atoms with Crippen LogP contribution in [-0.2, 0) is 14.4 Å². The number of thiocarbonyl (C=S) groups is 1. The van der Waals surface area contributed by atoms with Crippen LogP contribution in [0.2, 0.25) is 0 Å². The van der Waals surface area contributed by atoms with Crippen molar-refractivity contribution in [3.8, 4) is 0 Å². The third kappa shape index (κ3) is 3.55. The first-order valence-corrected chi connectivity index (χ1v) is 8.52. The van der Waals surface area contributed by atoms with Crippen LogP contribution in [-0.4, -0.2) is 53.3 Å². The van der Waals surface area contributed by atoms with E-state index in [0.29, 0.717) is 16.7 Å². The van der Waals surface area contributed by atoms with Gasteiger partial charge in [0.2, 0.25) is 0 Å². The Morgan fingerprint density at radius 2 is 1.96 bits per heavy atom. The quantitative estimate of drug-likeness (QED) is 0.582. The van der Waals surface area contributed by atoms with E-state index in [9.17, 15) is 19.5 Å². The minimum Gasteiger partial charge on any atom is -0.481 e. The second kappa shape index (κ2) is 7.18. The Morgan fingerprint density at radius 3 is 2.62 bits per heavy atom. The first-order chi connectivity index (χ1) is 12.4. The fourth-order valence-corrected chi connectivity index (χ4v) is 3.72. The van der Waals surface area contributed by atoms with Gasteiger partial charge in [-0.1, -0.05) is 36.1 Å². The van der Waals surface area contributed by atoms with Crippen LogP contribution in [0.3, 0.4) is 0 Å². The predicted octanol–water partition coefficient (Wildman–Crippen LogP) is 1.76. The van der Waals surface area contributed by atoms with E-state index < -0.39 is 30.3 Å². The van der Waals surface area contributed by atoms with Crippen molar-refractivity contribution in [2.24, 2.45) is 0 Å². The molecule has 0 spiro atoms. The predicted molar refractivity (Wildman–Crippen MR) is 98.2 cm³/mol. The first-order valence-electron chi connectivity index (χ1n) is 7.30. The third-order valence-corrected chi connectivity index (χ3v) is 4.86. The number of carboxylic acid groups (broad SMARTS) is 2. The summed E-state index contributed by atoms with van der Waals surface area (Å²) >= 11 is 5.97. The summed E-state index contributed by atoms with van der Waals surface area (Å²) in [6.45, 7) is 0. The maximum atomic E-state index is 12.6. The lowest BCUT2D eigenvalue weighted by Crippen LogP contribution is -2.45. The fraction of sp³-hybridized carbons (Fsp3) is 0.125.